The minimum absolute atomic E-state index is 0.227. The van der Waals surface area contributed by atoms with Crippen molar-refractivity contribution in [2.24, 2.45) is 0 Å². The Balaban J connectivity index is 1.53. The number of piperazine rings is 1. The van der Waals surface area contributed by atoms with Crippen molar-refractivity contribution in [3.8, 4) is 0 Å². The van der Waals surface area contributed by atoms with Crippen LogP contribution in [0.15, 0.2) is 0 Å². The van der Waals surface area contributed by atoms with Gasteiger partial charge in [0.15, 0.2) is 0 Å². The first-order valence-electron chi connectivity index (χ1n) is 10.1. The Morgan fingerprint density at radius 3 is 2.00 bits per heavy atom. The van der Waals surface area contributed by atoms with Gasteiger partial charge in [0.1, 0.15) is 0 Å². The molecule has 0 aliphatic carbocycles. The van der Waals surface area contributed by atoms with E-state index in [0.29, 0.717) is 11.6 Å². The fourth-order valence-corrected chi connectivity index (χ4v) is 5.40. The Hall–Kier alpha value is -0.160. The summed E-state index contributed by atoms with van der Waals surface area (Å²) in [5, 5.41) is 3.81. The highest BCUT2D eigenvalue weighted by Crippen LogP contribution is 2.36. The first kappa shape index (κ1) is 18.6. The summed E-state index contributed by atoms with van der Waals surface area (Å²) in [6.45, 7) is 20.2. The number of hydrogen-bond acceptors (Lipinski definition) is 4. The van der Waals surface area contributed by atoms with E-state index in [1.165, 1.54) is 58.5 Å². The van der Waals surface area contributed by atoms with Crippen LogP contribution in [0.2, 0.25) is 0 Å². The lowest BCUT2D eigenvalue weighted by molar-refractivity contribution is -0.0212. The zero-order valence-corrected chi connectivity index (χ0v) is 16.9. The molecule has 2 unspecified atom stereocenters. The second-order valence-electron chi connectivity index (χ2n) is 10.5. The van der Waals surface area contributed by atoms with Crippen molar-refractivity contribution in [2.75, 3.05) is 32.8 Å². The second kappa shape index (κ2) is 6.86. The van der Waals surface area contributed by atoms with Crippen molar-refractivity contribution >= 4 is 0 Å². The molecule has 0 aromatic heterocycles. The number of rotatable bonds is 3. The van der Waals surface area contributed by atoms with Gasteiger partial charge in [0, 0.05) is 48.8 Å². The minimum atomic E-state index is 0.227. The molecule has 0 aromatic carbocycles. The number of piperidine rings is 1. The maximum Gasteiger partial charge on any atom is 0.0508 e. The number of likely N-dealkylation sites (tertiary alicyclic amines) is 2. The maximum atomic E-state index is 3.81. The minimum Gasteiger partial charge on any atom is -0.308 e. The van der Waals surface area contributed by atoms with E-state index in [0.717, 1.165) is 12.1 Å². The lowest BCUT2D eigenvalue weighted by Gasteiger charge is -2.49. The molecule has 24 heavy (non-hydrogen) atoms. The van der Waals surface area contributed by atoms with Crippen molar-refractivity contribution in [1.82, 2.24) is 20.0 Å². The molecule has 1 N–H and O–H groups in total. The highest BCUT2D eigenvalue weighted by molar-refractivity contribution is 5.00. The summed E-state index contributed by atoms with van der Waals surface area (Å²) < 4.78 is 0. The van der Waals surface area contributed by atoms with Gasteiger partial charge in [-0.15, -0.1) is 0 Å². The fourth-order valence-electron chi connectivity index (χ4n) is 5.40. The monoisotopic (exact) mass is 336 g/mol. The standard InChI is InChI=1S/C20H40N4/c1-19(2,3)21-16-8-7-11-22(12-16)15-23-13-17-9-10-18(14-23)24(17)20(4,5)6/h16-18,21H,7-15H2,1-6H3/t16-,17?,18?/m1/s1. The average molecular weight is 337 g/mol. The molecular formula is C20H40N4. The van der Waals surface area contributed by atoms with Gasteiger partial charge in [0.2, 0.25) is 0 Å². The van der Waals surface area contributed by atoms with Crippen LogP contribution in [0.4, 0.5) is 0 Å². The molecule has 3 saturated heterocycles. The van der Waals surface area contributed by atoms with E-state index in [1.807, 2.05) is 0 Å². The van der Waals surface area contributed by atoms with Crippen LogP contribution in [0.1, 0.15) is 67.2 Å². The summed E-state index contributed by atoms with van der Waals surface area (Å²) in [4.78, 5) is 8.24. The first-order valence-corrected chi connectivity index (χ1v) is 10.1. The first-order chi connectivity index (χ1) is 11.1. The third kappa shape index (κ3) is 4.51. The molecule has 3 aliphatic heterocycles. The fraction of sp³-hybridized carbons (Fsp3) is 1.00. The molecule has 0 radical (unpaired) electrons. The van der Waals surface area contributed by atoms with E-state index in [1.54, 1.807) is 0 Å². The molecule has 4 nitrogen and oxygen atoms in total. The predicted octanol–water partition coefficient (Wildman–Crippen LogP) is 2.74. The van der Waals surface area contributed by atoms with Crippen molar-refractivity contribution in [3.05, 3.63) is 0 Å². The molecule has 3 fully saturated rings. The van der Waals surface area contributed by atoms with E-state index < -0.39 is 0 Å². The van der Waals surface area contributed by atoms with Crippen molar-refractivity contribution in [1.29, 1.82) is 0 Å². The highest BCUT2D eigenvalue weighted by atomic mass is 15.4. The highest BCUT2D eigenvalue weighted by Gasteiger charge is 2.44. The quantitative estimate of drug-likeness (QED) is 0.855. The topological polar surface area (TPSA) is 21.8 Å². The molecule has 3 atom stereocenters. The number of nitrogens with zero attached hydrogens (tertiary/aromatic N) is 3. The van der Waals surface area contributed by atoms with Gasteiger partial charge in [0.05, 0.1) is 6.67 Å². The van der Waals surface area contributed by atoms with Crippen LogP contribution in [-0.4, -0.2) is 76.8 Å². The summed E-state index contributed by atoms with van der Waals surface area (Å²) >= 11 is 0. The summed E-state index contributed by atoms with van der Waals surface area (Å²) in [6.07, 6.45) is 5.46. The Labute approximate surface area is 149 Å². The van der Waals surface area contributed by atoms with Gasteiger partial charge < -0.3 is 5.32 Å². The molecule has 3 rings (SSSR count). The summed E-state index contributed by atoms with van der Waals surface area (Å²) in [7, 11) is 0. The van der Waals surface area contributed by atoms with Crippen LogP contribution in [0.3, 0.4) is 0 Å². The van der Waals surface area contributed by atoms with Crippen LogP contribution in [-0.2, 0) is 0 Å². The number of nitrogens with one attached hydrogen (secondary N) is 1. The Morgan fingerprint density at radius 2 is 1.46 bits per heavy atom. The zero-order valence-electron chi connectivity index (χ0n) is 16.9. The third-order valence-corrected chi connectivity index (χ3v) is 5.88. The summed E-state index contributed by atoms with van der Waals surface area (Å²) in [5.74, 6) is 0. The normalized spacial score (nSPS) is 34.0. The van der Waals surface area contributed by atoms with Crippen LogP contribution in [0, 0.1) is 0 Å². The zero-order chi connectivity index (χ0) is 17.5. The molecule has 0 saturated carbocycles. The van der Waals surface area contributed by atoms with Gasteiger partial charge in [-0.3, -0.25) is 14.7 Å². The molecule has 3 aliphatic rings. The maximum absolute atomic E-state index is 3.81. The summed E-state index contributed by atoms with van der Waals surface area (Å²) in [6, 6.07) is 2.21. The molecule has 0 aromatic rings. The van der Waals surface area contributed by atoms with E-state index >= 15 is 0 Å². The van der Waals surface area contributed by atoms with Gasteiger partial charge in [-0.2, -0.15) is 0 Å². The van der Waals surface area contributed by atoms with Crippen molar-refractivity contribution in [2.45, 2.75) is 96.4 Å². The van der Waals surface area contributed by atoms with Gasteiger partial charge in [-0.05, 0) is 73.8 Å². The Kier molecular flexibility index (Phi) is 5.33. The molecule has 0 spiro atoms. The third-order valence-electron chi connectivity index (χ3n) is 5.88. The van der Waals surface area contributed by atoms with Gasteiger partial charge >= 0.3 is 0 Å². The SMILES string of the molecule is CC(C)(C)N[C@@H]1CCCN(CN2CC3CCC(C2)N3C(C)(C)C)C1. The van der Waals surface area contributed by atoms with E-state index in [-0.39, 0.29) is 5.54 Å². The largest absolute Gasteiger partial charge is 0.308 e. The van der Waals surface area contributed by atoms with Crippen LogP contribution >= 0.6 is 0 Å². The Bertz CT molecular complexity index is 408. The predicted molar refractivity (Wildman–Crippen MR) is 102 cm³/mol. The molecule has 0 amide bonds. The average Bonchev–Trinajstić information content (AvgIpc) is 2.70. The Morgan fingerprint density at radius 1 is 0.833 bits per heavy atom. The van der Waals surface area contributed by atoms with Crippen LogP contribution in [0.25, 0.3) is 0 Å². The summed E-state index contributed by atoms with van der Waals surface area (Å²) in [5.41, 5.74) is 0.551. The van der Waals surface area contributed by atoms with E-state index in [9.17, 15) is 0 Å². The number of hydrogen-bond donors (Lipinski definition) is 1. The second-order valence-corrected chi connectivity index (χ2v) is 10.5. The van der Waals surface area contributed by atoms with E-state index in [2.05, 4.69) is 61.6 Å². The molecular weight excluding hydrogens is 296 g/mol. The molecule has 4 heteroatoms. The van der Waals surface area contributed by atoms with Crippen LogP contribution in [0.5, 0.6) is 0 Å². The molecule has 2 bridgehead atoms. The molecule has 140 valence electrons. The van der Waals surface area contributed by atoms with E-state index in [4.69, 9.17) is 0 Å². The van der Waals surface area contributed by atoms with Gasteiger partial charge in [-0.25, -0.2) is 0 Å². The van der Waals surface area contributed by atoms with Crippen molar-refractivity contribution < 1.29 is 0 Å². The van der Waals surface area contributed by atoms with Crippen molar-refractivity contribution in [3.63, 3.8) is 0 Å². The van der Waals surface area contributed by atoms with Gasteiger partial charge in [0.25, 0.3) is 0 Å². The number of fused-ring (bicyclic) bond motifs is 2. The lowest BCUT2D eigenvalue weighted by Crippen LogP contribution is -2.62. The molecule has 3 heterocycles. The lowest BCUT2D eigenvalue weighted by atomic mass is 10.00. The van der Waals surface area contributed by atoms with Crippen LogP contribution < -0.4 is 5.32 Å². The van der Waals surface area contributed by atoms with Gasteiger partial charge in [-0.1, -0.05) is 0 Å². The smallest absolute Gasteiger partial charge is 0.0508 e.